The average Bonchev–Trinajstić information content (AvgIpc) is 1.38. The second kappa shape index (κ2) is 4.77. The summed E-state index contributed by atoms with van der Waals surface area (Å²) in [5.41, 5.74) is 0. The molecule has 0 heterocycles. The molecule has 0 N–H and O–H groups in total. The molecule has 0 radical (unpaired) electrons. The fourth-order valence-corrected chi connectivity index (χ4v) is 0. The third-order valence-electron chi connectivity index (χ3n) is 0.117. The Balaban J connectivity index is 2.54. The monoisotopic (exact) mass is 440 g/mol. The van der Waals surface area contributed by atoms with Gasteiger partial charge in [-0.05, 0) is 0 Å². The normalized spacial score (nSPS) is 12.0. The molecule has 0 aromatic rings. The molecular formula is H3I3Si2. The van der Waals surface area contributed by atoms with Gasteiger partial charge in [0.05, 0.1) is 0 Å². The van der Waals surface area contributed by atoms with Crippen LogP contribution in [0.3, 0.4) is 0 Å². The van der Waals surface area contributed by atoms with Gasteiger partial charge in [0, 0.05) is 0 Å². The molecule has 0 bridgehead atoms. The Morgan fingerprint density at radius 3 is 1.60 bits per heavy atom. The molecule has 0 aromatic heterocycles. The van der Waals surface area contributed by atoms with E-state index in [1.54, 1.807) is 0 Å². The maximum absolute atomic E-state index is 2.59. The number of halogens is 3. The summed E-state index contributed by atoms with van der Waals surface area (Å²) in [7, 11) is 0. The van der Waals surface area contributed by atoms with Crippen molar-refractivity contribution in [3.8, 4) is 0 Å². The van der Waals surface area contributed by atoms with Crippen LogP contribution in [0.4, 0.5) is 0 Å². The molecule has 0 saturated heterocycles. The lowest BCUT2D eigenvalue weighted by Crippen LogP contribution is -1.93. The van der Waals surface area contributed by atoms with Gasteiger partial charge >= 0.3 is 0 Å². The van der Waals surface area contributed by atoms with E-state index in [1.807, 2.05) is 0 Å². The van der Waals surface area contributed by atoms with Crippen LogP contribution < -0.4 is 0 Å². The van der Waals surface area contributed by atoms with Gasteiger partial charge in [-0.3, -0.25) is 0 Å². The fourth-order valence-electron chi connectivity index (χ4n) is 0. The summed E-state index contributed by atoms with van der Waals surface area (Å²) in [5.74, 6) is 0. The molecule has 5 heteroatoms. The van der Waals surface area contributed by atoms with Gasteiger partial charge in [0.2, 0.25) is 0 Å². The number of rotatable bonds is 1. The summed E-state index contributed by atoms with van der Waals surface area (Å²) in [6.45, 7) is 0.431. The highest BCUT2D eigenvalue weighted by molar-refractivity contribution is 14.3. The van der Waals surface area contributed by atoms with Crippen LogP contribution in [0.2, 0.25) is 0 Å². The molecule has 0 aromatic carbocycles. The van der Waals surface area contributed by atoms with Crippen LogP contribution in [0, 0.1) is 0 Å². The Bertz CT molecular complexity index is 18.9. The minimum Gasteiger partial charge on any atom is -0.130 e. The first kappa shape index (κ1) is 7.62. The molecule has 0 aliphatic heterocycles. The quantitative estimate of drug-likeness (QED) is 0.326. The molecule has 0 rings (SSSR count). The first-order valence-corrected chi connectivity index (χ1v) is 17.8. The van der Waals surface area contributed by atoms with Crippen molar-refractivity contribution in [3.05, 3.63) is 0 Å². The summed E-state index contributed by atoms with van der Waals surface area (Å²) in [5, 5.41) is 0. The summed E-state index contributed by atoms with van der Waals surface area (Å²) >= 11 is 7.74. The van der Waals surface area contributed by atoms with E-state index in [1.165, 1.54) is 0 Å². The predicted octanol–water partition coefficient (Wildman–Crippen LogP) is 1.09. The van der Waals surface area contributed by atoms with Crippen molar-refractivity contribution in [1.29, 1.82) is 0 Å². The van der Waals surface area contributed by atoms with Gasteiger partial charge in [0.1, 0.15) is 6.53 Å². The minimum atomic E-state index is -0.0841. The van der Waals surface area contributed by atoms with Crippen molar-refractivity contribution in [2.24, 2.45) is 0 Å². The predicted molar refractivity (Wildman–Crippen MR) is 57.8 cm³/mol. The van der Waals surface area contributed by atoms with Crippen LogP contribution >= 0.6 is 65.4 Å². The molecule has 0 nitrogen and oxygen atoms in total. The molecule has 0 saturated carbocycles. The van der Waals surface area contributed by atoms with Crippen molar-refractivity contribution in [2.45, 2.75) is 0 Å². The SMILES string of the molecule is I[SiH2][SiH](I)I. The maximum Gasteiger partial charge on any atom is 0.172 e. The summed E-state index contributed by atoms with van der Waals surface area (Å²) in [6, 6.07) is 0. The first-order chi connectivity index (χ1) is 2.27. The van der Waals surface area contributed by atoms with E-state index in [4.69, 9.17) is 0 Å². The number of hydrogen-bond acceptors (Lipinski definition) is 0. The van der Waals surface area contributed by atoms with Gasteiger partial charge < -0.3 is 0 Å². The summed E-state index contributed by atoms with van der Waals surface area (Å²) < 4.78 is -0.0841. The first-order valence-electron chi connectivity index (χ1n) is 1.11. The Kier molecular flexibility index (Phi) is 7.28. The van der Waals surface area contributed by atoms with E-state index >= 15 is 0 Å². The second-order valence-corrected chi connectivity index (χ2v) is 39.1. The van der Waals surface area contributed by atoms with E-state index in [0.717, 1.165) is 0 Å². The lowest BCUT2D eigenvalue weighted by molar-refractivity contribution is 4.59. The summed E-state index contributed by atoms with van der Waals surface area (Å²) in [6.07, 6.45) is 0. The highest BCUT2D eigenvalue weighted by Gasteiger charge is 1.92. The van der Waals surface area contributed by atoms with Crippen LogP contribution in [-0.2, 0) is 0 Å². The van der Waals surface area contributed by atoms with Gasteiger partial charge in [0.15, 0.2) is 3.31 Å². The third kappa shape index (κ3) is 6.62. The standard InChI is InChI=1S/H3I3Si2/c1-4-5(2)3/h5H,4H2. The Hall–Kier alpha value is 2.62. The van der Waals surface area contributed by atoms with E-state index < -0.39 is 0 Å². The van der Waals surface area contributed by atoms with Crippen LogP contribution in [0.5, 0.6) is 0 Å². The highest BCUT2D eigenvalue weighted by Crippen LogP contribution is 2.03. The minimum absolute atomic E-state index is 0.0841. The second-order valence-electron chi connectivity index (χ2n) is 0.545. The van der Waals surface area contributed by atoms with Crippen molar-refractivity contribution >= 4 is 75.2 Å². The Morgan fingerprint density at radius 2 is 1.60 bits per heavy atom. The number of hydrogen-bond donors (Lipinski definition) is 0. The maximum atomic E-state index is 2.59. The lowest BCUT2D eigenvalue weighted by Gasteiger charge is -1.79. The van der Waals surface area contributed by atoms with Crippen LogP contribution in [0.1, 0.15) is 0 Å². The molecular weight excluding hydrogens is 437 g/mol. The lowest BCUT2D eigenvalue weighted by atomic mass is 27.1. The molecule has 0 fully saturated rings. The highest BCUT2D eigenvalue weighted by atomic mass is 127. The van der Waals surface area contributed by atoms with Crippen molar-refractivity contribution in [1.82, 2.24) is 0 Å². The molecule has 0 aliphatic rings. The van der Waals surface area contributed by atoms with E-state index in [0.29, 0.717) is 6.53 Å². The molecule has 0 amide bonds. The van der Waals surface area contributed by atoms with E-state index in [9.17, 15) is 0 Å². The van der Waals surface area contributed by atoms with Gasteiger partial charge in [-0.1, -0.05) is 0 Å². The Morgan fingerprint density at radius 1 is 1.40 bits per heavy atom. The van der Waals surface area contributed by atoms with Crippen molar-refractivity contribution in [2.75, 3.05) is 0 Å². The van der Waals surface area contributed by atoms with Gasteiger partial charge in [0.25, 0.3) is 0 Å². The molecule has 32 valence electrons. The van der Waals surface area contributed by atoms with Crippen LogP contribution in [-0.4, -0.2) is 9.84 Å². The summed E-state index contributed by atoms with van der Waals surface area (Å²) in [4.78, 5) is 0. The molecule has 0 atom stereocenters. The smallest absolute Gasteiger partial charge is 0.130 e. The van der Waals surface area contributed by atoms with Crippen molar-refractivity contribution < 1.29 is 0 Å². The molecule has 5 heavy (non-hydrogen) atoms. The van der Waals surface area contributed by atoms with Crippen LogP contribution in [0.15, 0.2) is 0 Å². The molecule has 0 unspecified atom stereocenters. The van der Waals surface area contributed by atoms with Gasteiger partial charge in [-0.25, -0.2) is 0 Å². The van der Waals surface area contributed by atoms with E-state index in [-0.39, 0.29) is 3.31 Å². The Labute approximate surface area is 73.7 Å². The average molecular weight is 440 g/mol. The molecule has 0 aliphatic carbocycles. The zero-order valence-corrected chi connectivity index (χ0v) is 11.5. The zero-order valence-electron chi connectivity index (χ0n) is 2.42. The molecule has 0 spiro atoms. The van der Waals surface area contributed by atoms with Gasteiger partial charge in [-0.15, -0.1) is 65.4 Å². The largest absolute Gasteiger partial charge is 0.172 e. The third-order valence-corrected chi connectivity index (χ3v) is 47.2. The zero-order chi connectivity index (χ0) is 4.28. The van der Waals surface area contributed by atoms with Crippen LogP contribution in [0.25, 0.3) is 0 Å². The van der Waals surface area contributed by atoms with E-state index in [2.05, 4.69) is 65.4 Å². The van der Waals surface area contributed by atoms with Crippen molar-refractivity contribution in [3.63, 3.8) is 0 Å². The fraction of sp³-hybridized carbons (Fsp3) is 0. The van der Waals surface area contributed by atoms with Gasteiger partial charge in [-0.2, -0.15) is 0 Å². The topological polar surface area (TPSA) is 0 Å².